The summed E-state index contributed by atoms with van der Waals surface area (Å²) in [5.41, 5.74) is 4.21. The maximum atomic E-state index is 8.90. The van der Waals surface area contributed by atoms with Gasteiger partial charge in [-0.2, -0.15) is 5.26 Å². The van der Waals surface area contributed by atoms with Gasteiger partial charge in [0.1, 0.15) is 0 Å². The molecule has 0 saturated carbocycles. The second-order valence-corrected chi connectivity index (χ2v) is 7.17. The Kier molecular flexibility index (Phi) is 6.17. The molecule has 0 aliphatic heterocycles. The van der Waals surface area contributed by atoms with E-state index >= 15 is 0 Å². The first-order valence-corrected chi connectivity index (χ1v) is 9.65. The molecule has 3 nitrogen and oxygen atoms in total. The van der Waals surface area contributed by atoms with Crippen molar-refractivity contribution < 1.29 is 0 Å². The first-order chi connectivity index (χ1) is 12.3. The van der Waals surface area contributed by atoms with Gasteiger partial charge in [-0.3, -0.25) is 0 Å². The molecule has 1 atom stereocenters. The topological polar surface area (TPSA) is 49.6 Å². The standard InChI is InChI=1S/C22H27N3/c1-2-3-4-5-6-7-17-10-13-21-20(14-17)16-24-22(25-21)19-11-8-18(15-23)9-12-19/h8-9,11-12,16-17H,2-7,10,13-14H2,1H3. The zero-order chi connectivity index (χ0) is 17.5. The molecular formula is C22H27N3. The van der Waals surface area contributed by atoms with Crippen LogP contribution >= 0.6 is 0 Å². The lowest BCUT2D eigenvalue weighted by Crippen LogP contribution is -2.16. The first kappa shape index (κ1) is 17.6. The van der Waals surface area contributed by atoms with Crippen LogP contribution in [-0.2, 0) is 12.8 Å². The van der Waals surface area contributed by atoms with Gasteiger partial charge in [-0.15, -0.1) is 0 Å². The number of aryl methyl sites for hydroxylation is 1. The van der Waals surface area contributed by atoms with Crippen LogP contribution in [0.15, 0.2) is 30.5 Å². The van der Waals surface area contributed by atoms with Crippen LogP contribution in [-0.4, -0.2) is 9.97 Å². The molecule has 25 heavy (non-hydrogen) atoms. The van der Waals surface area contributed by atoms with Crippen molar-refractivity contribution in [3.8, 4) is 17.5 Å². The quantitative estimate of drug-likeness (QED) is 0.630. The molecular weight excluding hydrogens is 306 g/mol. The molecule has 3 heteroatoms. The number of nitriles is 1. The molecule has 1 aliphatic carbocycles. The van der Waals surface area contributed by atoms with Gasteiger partial charge in [0.25, 0.3) is 0 Å². The lowest BCUT2D eigenvalue weighted by Gasteiger charge is -2.24. The molecule has 130 valence electrons. The van der Waals surface area contributed by atoms with E-state index in [4.69, 9.17) is 10.2 Å². The van der Waals surface area contributed by atoms with Gasteiger partial charge in [0.2, 0.25) is 0 Å². The highest BCUT2D eigenvalue weighted by Gasteiger charge is 2.20. The number of unbranched alkanes of at least 4 members (excludes halogenated alkanes) is 4. The Morgan fingerprint density at radius 1 is 1.12 bits per heavy atom. The van der Waals surface area contributed by atoms with Crippen LogP contribution in [0.5, 0.6) is 0 Å². The zero-order valence-corrected chi connectivity index (χ0v) is 15.2. The minimum Gasteiger partial charge on any atom is -0.236 e. The Balaban J connectivity index is 1.60. The molecule has 1 aromatic heterocycles. The molecule has 1 aromatic carbocycles. The largest absolute Gasteiger partial charge is 0.236 e. The predicted molar refractivity (Wildman–Crippen MR) is 101 cm³/mol. The van der Waals surface area contributed by atoms with Crippen molar-refractivity contribution >= 4 is 0 Å². The summed E-state index contributed by atoms with van der Waals surface area (Å²) < 4.78 is 0. The van der Waals surface area contributed by atoms with Crippen molar-refractivity contribution in [2.45, 2.75) is 64.7 Å². The van der Waals surface area contributed by atoms with E-state index in [0.717, 1.165) is 30.1 Å². The second kappa shape index (κ2) is 8.76. The van der Waals surface area contributed by atoms with Crippen molar-refractivity contribution in [3.63, 3.8) is 0 Å². The Morgan fingerprint density at radius 2 is 1.92 bits per heavy atom. The first-order valence-electron chi connectivity index (χ1n) is 9.65. The highest BCUT2D eigenvalue weighted by atomic mass is 14.9. The zero-order valence-electron chi connectivity index (χ0n) is 15.2. The second-order valence-electron chi connectivity index (χ2n) is 7.17. The fourth-order valence-corrected chi connectivity index (χ4v) is 3.70. The van der Waals surface area contributed by atoms with E-state index in [1.807, 2.05) is 30.5 Å². The number of fused-ring (bicyclic) bond motifs is 1. The van der Waals surface area contributed by atoms with Crippen molar-refractivity contribution in [3.05, 3.63) is 47.3 Å². The molecule has 0 bridgehead atoms. The van der Waals surface area contributed by atoms with E-state index in [1.165, 1.54) is 56.2 Å². The lowest BCUT2D eigenvalue weighted by molar-refractivity contribution is 0.400. The summed E-state index contributed by atoms with van der Waals surface area (Å²) >= 11 is 0. The molecule has 3 rings (SSSR count). The SMILES string of the molecule is CCCCCCCC1CCc2nc(-c3ccc(C#N)cc3)ncc2C1. The summed E-state index contributed by atoms with van der Waals surface area (Å²) in [6, 6.07) is 9.67. The molecule has 0 saturated heterocycles. The van der Waals surface area contributed by atoms with Crippen LogP contribution in [0.3, 0.4) is 0 Å². The molecule has 0 radical (unpaired) electrons. The number of benzene rings is 1. The highest BCUT2D eigenvalue weighted by molar-refractivity contribution is 5.56. The third-order valence-electron chi connectivity index (χ3n) is 5.24. The Hall–Kier alpha value is -2.21. The average Bonchev–Trinajstić information content (AvgIpc) is 2.67. The number of nitrogens with zero attached hydrogens (tertiary/aromatic N) is 3. The van der Waals surface area contributed by atoms with E-state index in [1.54, 1.807) is 0 Å². The summed E-state index contributed by atoms with van der Waals surface area (Å²) in [6.07, 6.45) is 13.7. The van der Waals surface area contributed by atoms with E-state index in [0.29, 0.717) is 5.56 Å². The molecule has 1 aliphatic rings. The van der Waals surface area contributed by atoms with Gasteiger partial charge < -0.3 is 0 Å². The van der Waals surface area contributed by atoms with E-state index in [-0.39, 0.29) is 0 Å². The smallest absolute Gasteiger partial charge is 0.159 e. The van der Waals surface area contributed by atoms with Gasteiger partial charge in [-0.05, 0) is 55.0 Å². The van der Waals surface area contributed by atoms with Crippen LogP contribution in [0.25, 0.3) is 11.4 Å². The average molecular weight is 333 g/mol. The maximum Gasteiger partial charge on any atom is 0.159 e. The van der Waals surface area contributed by atoms with Gasteiger partial charge in [-0.1, -0.05) is 45.4 Å². The van der Waals surface area contributed by atoms with Gasteiger partial charge >= 0.3 is 0 Å². The fourth-order valence-electron chi connectivity index (χ4n) is 3.70. The van der Waals surface area contributed by atoms with E-state index in [2.05, 4.69) is 18.0 Å². The normalized spacial score (nSPS) is 16.2. The van der Waals surface area contributed by atoms with Gasteiger partial charge in [0, 0.05) is 17.5 Å². The summed E-state index contributed by atoms with van der Waals surface area (Å²) in [5.74, 6) is 1.58. The van der Waals surface area contributed by atoms with Gasteiger partial charge in [-0.25, -0.2) is 9.97 Å². The predicted octanol–water partition coefficient (Wildman–Crippen LogP) is 5.48. The summed E-state index contributed by atoms with van der Waals surface area (Å²) in [5, 5.41) is 8.90. The molecule has 1 heterocycles. The molecule has 0 spiro atoms. The minimum atomic E-state index is 0.670. The number of hydrogen-bond acceptors (Lipinski definition) is 3. The molecule has 1 unspecified atom stereocenters. The van der Waals surface area contributed by atoms with Crippen LogP contribution < -0.4 is 0 Å². The minimum absolute atomic E-state index is 0.670. The fraction of sp³-hybridized carbons (Fsp3) is 0.500. The Bertz CT molecular complexity index is 728. The van der Waals surface area contributed by atoms with Crippen LogP contribution in [0.4, 0.5) is 0 Å². The monoisotopic (exact) mass is 333 g/mol. The Morgan fingerprint density at radius 3 is 2.68 bits per heavy atom. The van der Waals surface area contributed by atoms with E-state index in [9.17, 15) is 0 Å². The lowest BCUT2D eigenvalue weighted by atomic mass is 9.84. The number of rotatable bonds is 7. The van der Waals surface area contributed by atoms with Crippen LogP contribution in [0.1, 0.15) is 68.7 Å². The summed E-state index contributed by atoms with van der Waals surface area (Å²) in [4.78, 5) is 9.38. The van der Waals surface area contributed by atoms with Crippen molar-refractivity contribution in [1.82, 2.24) is 9.97 Å². The molecule has 0 fully saturated rings. The van der Waals surface area contributed by atoms with Crippen LogP contribution in [0.2, 0.25) is 0 Å². The van der Waals surface area contributed by atoms with Gasteiger partial charge in [0.05, 0.1) is 11.6 Å². The molecule has 2 aromatic rings. The third-order valence-corrected chi connectivity index (χ3v) is 5.24. The number of hydrogen-bond donors (Lipinski definition) is 0. The summed E-state index contributed by atoms with van der Waals surface area (Å²) in [6.45, 7) is 2.27. The summed E-state index contributed by atoms with van der Waals surface area (Å²) in [7, 11) is 0. The molecule has 0 N–H and O–H groups in total. The van der Waals surface area contributed by atoms with Crippen molar-refractivity contribution in [2.75, 3.05) is 0 Å². The third kappa shape index (κ3) is 4.66. The van der Waals surface area contributed by atoms with Crippen LogP contribution in [0, 0.1) is 17.2 Å². The van der Waals surface area contributed by atoms with Crippen molar-refractivity contribution in [1.29, 1.82) is 5.26 Å². The Labute approximate surface area is 151 Å². The number of aromatic nitrogens is 2. The highest BCUT2D eigenvalue weighted by Crippen LogP contribution is 2.29. The van der Waals surface area contributed by atoms with Gasteiger partial charge in [0.15, 0.2) is 5.82 Å². The maximum absolute atomic E-state index is 8.90. The molecule has 0 amide bonds. The van der Waals surface area contributed by atoms with E-state index < -0.39 is 0 Å². The van der Waals surface area contributed by atoms with Crippen molar-refractivity contribution in [2.24, 2.45) is 5.92 Å².